The Morgan fingerprint density at radius 1 is 1.00 bits per heavy atom. The van der Waals surface area contributed by atoms with Gasteiger partial charge in [0, 0.05) is 18.9 Å². The number of alkyl halides is 2. The first kappa shape index (κ1) is 17.9. The molecule has 120 valence electrons. The van der Waals surface area contributed by atoms with Gasteiger partial charge in [-0.2, -0.15) is 0 Å². The molecule has 1 unspecified atom stereocenters. The first-order valence-electron chi connectivity index (χ1n) is 8.64. The molecule has 1 saturated carbocycles. The van der Waals surface area contributed by atoms with Crippen molar-refractivity contribution in [1.29, 1.82) is 0 Å². The fraction of sp³-hybridized carbons (Fsp3) is 1.00. The fourth-order valence-corrected chi connectivity index (χ4v) is 3.40. The van der Waals surface area contributed by atoms with E-state index in [-0.39, 0.29) is 12.8 Å². The van der Waals surface area contributed by atoms with Crippen LogP contribution >= 0.6 is 0 Å². The van der Waals surface area contributed by atoms with Gasteiger partial charge >= 0.3 is 0 Å². The lowest BCUT2D eigenvalue weighted by atomic mass is 9.80. The topological polar surface area (TPSA) is 12.0 Å². The maximum absolute atomic E-state index is 13.2. The van der Waals surface area contributed by atoms with Crippen LogP contribution in [0.1, 0.15) is 84.0 Å². The molecule has 0 spiro atoms. The Hall–Kier alpha value is -0.180. The Morgan fingerprint density at radius 2 is 1.55 bits per heavy atom. The molecule has 0 bridgehead atoms. The molecule has 1 rings (SSSR count). The van der Waals surface area contributed by atoms with Crippen molar-refractivity contribution >= 4 is 0 Å². The van der Waals surface area contributed by atoms with E-state index in [0.29, 0.717) is 24.8 Å². The number of hydrogen-bond donors (Lipinski definition) is 1. The molecular formula is C17H33F2N. The van der Waals surface area contributed by atoms with E-state index in [1.165, 1.54) is 44.9 Å². The maximum Gasteiger partial charge on any atom is 0.248 e. The highest BCUT2D eigenvalue weighted by Crippen LogP contribution is 2.38. The van der Waals surface area contributed by atoms with Gasteiger partial charge in [-0.1, -0.05) is 51.9 Å². The molecule has 0 saturated heterocycles. The summed E-state index contributed by atoms with van der Waals surface area (Å²) in [5.41, 5.74) is 0. The van der Waals surface area contributed by atoms with E-state index < -0.39 is 5.92 Å². The van der Waals surface area contributed by atoms with Gasteiger partial charge in [-0.25, -0.2) is 8.78 Å². The van der Waals surface area contributed by atoms with Crippen molar-refractivity contribution in [3.05, 3.63) is 0 Å². The van der Waals surface area contributed by atoms with Crippen molar-refractivity contribution in [3.63, 3.8) is 0 Å². The van der Waals surface area contributed by atoms with E-state index in [2.05, 4.69) is 12.2 Å². The minimum atomic E-state index is -2.39. The molecule has 1 fully saturated rings. The van der Waals surface area contributed by atoms with E-state index in [4.69, 9.17) is 0 Å². The van der Waals surface area contributed by atoms with E-state index in [1.807, 2.05) is 7.05 Å². The summed E-state index contributed by atoms with van der Waals surface area (Å²) in [5, 5.41) is 3.37. The molecule has 1 atom stereocenters. The lowest BCUT2D eigenvalue weighted by Crippen LogP contribution is -2.38. The largest absolute Gasteiger partial charge is 0.317 e. The standard InChI is InChI=1S/C17H33F2N/c1-3-4-5-6-7-8-9-10-16(20-2)15-11-13-17(18,19)14-12-15/h15-16,20H,3-14H2,1-2H3. The molecule has 1 nitrogen and oxygen atoms in total. The average Bonchev–Trinajstić information content (AvgIpc) is 2.43. The maximum atomic E-state index is 13.2. The van der Waals surface area contributed by atoms with Crippen LogP contribution in [0.5, 0.6) is 0 Å². The van der Waals surface area contributed by atoms with E-state index in [1.54, 1.807) is 0 Å². The van der Waals surface area contributed by atoms with Crippen molar-refractivity contribution < 1.29 is 8.78 Å². The van der Waals surface area contributed by atoms with Crippen LogP contribution in [-0.2, 0) is 0 Å². The van der Waals surface area contributed by atoms with Crippen molar-refractivity contribution in [2.75, 3.05) is 7.05 Å². The quantitative estimate of drug-likeness (QED) is 0.521. The first-order valence-corrected chi connectivity index (χ1v) is 8.64. The van der Waals surface area contributed by atoms with Gasteiger partial charge in [-0.05, 0) is 32.2 Å². The Kier molecular flexibility index (Phi) is 8.67. The molecule has 0 aromatic carbocycles. The predicted octanol–water partition coefficient (Wildman–Crippen LogP) is 5.54. The van der Waals surface area contributed by atoms with Gasteiger partial charge in [-0.15, -0.1) is 0 Å². The van der Waals surface area contributed by atoms with Crippen LogP contribution < -0.4 is 5.32 Å². The smallest absolute Gasteiger partial charge is 0.248 e. The second-order valence-electron chi connectivity index (χ2n) is 6.50. The Bertz CT molecular complexity index is 233. The SMILES string of the molecule is CCCCCCCCCC(NC)C1CCC(F)(F)CC1. The highest BCUT2D eigenvalue weighted by Gasteiger charge is 2.36. The Balaban J connectivity index is 2.11. The number of rotatable bonds is 10. The summed E-state index contributed by atoms with van der Waals surface area (Å²) in [5.74, 6) is -1.94. The average molecular weight is 289 g/mol. The molecule has 0 aliphatic heterocycles. The molecule has 0 heterocycles. The number of halogens is 2. The highest BCUT2D eigenvalue weighted by atomic mass is 19.3. The van der Waals surface area contributed by atoms with Crippen molar-refractivity contribution in [1.82, 2.24) is 5.32 Å². The zero-order chi connectivity index (χ0) is 14.8. The minimum absolute atomic E-state index is 0.0901. The van der Waals surface area contributed by atoms with Crippen molar-refractivity contribution in [2.45, 2.75) is 95.9 Å². The normalized spacial score (nSPS) is 21.0. The lowest BCUT2D eigenvalue weighted by molar-refractivity contribution is -0.0496. The lowest BCUT2D eigenvalue weighted by Gasteiger charge is -2.33. The number of unbranched alkanes of at least 4 members (excludes halogenated alkanes) is 6. The monoisotopic (exact) mass is 289 g/mol. The first-order chi connectivity index (χ1) is 9.59. The summed E-state index contributed by atoms with van der Waals surface area (Å²) >= 11 is 0. The third-order valence-electron chi connectivity index (χ3n) is 4.82. The molecule has 0 aromatic rings. The van der Waals surface area contributed by atoms with Crippen LogP contribution in [0.4, 0.5) is 8.78 Å². The summed E-state index contributed by atoms with van der Waals surface area (Å²) in [6.45, 7) is 2.24. The molecular weight excluding hydrogens is 256 g/mol. The van der Waals surface area contributed by atoms with Crippen LogP contribution in [0, 0.1) is 5.92 Å². The van der Waals surface area contributed by atoms with E-state index >= 15 is 0 Å². The molecule has 20 heavy (non-hydrogen) atoms. The van der Waals surface area contributed by atoms with E-state index in [0.717, 1.165) is 6.42 Å². The second-order valence-corrected chi connectivity index (χ2v) is 6.50. The number of hydrogen-bond acceptors (Lipinski definition) is 1. The summed E-state index contributed by atoms with van der Waals surface area (Å²) in [6.07, 6.45) is 12.0. The van der Waals surface area contributed by atoms with Gasteiger partial charge in [0.2, 0.25) is 5.92 Å². The minimum Gasteiger partial charge on any atom is -0.317 e. The van der Waals surface area contributed by atoms with Gasteiger partial charge in [0.1, 0.15) is 0 Å². The second kappa shape index (κ2) is 9.70. The number of nitrogens with one attached hydrogen (secondary N) is 1. The Labute approximate surface area is 123 Å². The molecule has 1 N–H and O–H groups in total. The highest BCUT2D eigenvalue weighted by molar-refractivity contribution is 4.84. The van der Waals surface area contributed by atoms with Gasteiger partial charge < -0.3 is 5.32 Å². The zero-order valence-corrected chi connectivity index (χ0v) is 13.4. The fourth-order valence-electron chi connectivity index (χ4n) is 3.40. The van der Waals surface area contributed by atoms with Crippen LogP contribution in [0.3, 0.4) is 0 Å². The molecule has 0 aromatic heterocycles. The Morgan fingerprint density at radius 3 is 2.10 bits per heavy atom. The molecule has 0 radical (unpaired) electrons. The molecule has 3 heteroatoms. The van der Waals surface area contributed by atoms with E-state index in [9.17, 15) is 8.78 Å². The van der Waals surface area contributed by atoms with Gasteiger partial charge in [0.25, 0.3) is 0 Å². The summed E-state index contributed by atoms with van der Waals surface area (Å²) in [4.78, 5) is 0. The van der Waals surface area contributed by atoms with Crippen LogP contribution in [-0.4, -0.2) is 19.0 Å². The summed E-state index contributed by atoms with van der Waals surface area (Å²) in [6, 6.07) is 0.446. The third-order valence-corrected chi connectivity index (χ3v) is 4.82. The summed E-state index contributed by atoms with van der Waals surface area (Å²) in [7, 11) is 1.98. The van der Waals surface area contributed by atoms with Gasteiger partial charge in [0.05, 0.1) is 0 Å². The summed E-state index contributed by atoms with van der Waals surface area (Å²) < 4.78 is 26.4. The third kappa shape index (κ3) is 7.01. The zero-order valence-electron chi connectivity index (χ0n) is 13.4. The van der Waals surface area contributed by atoms with Crippen molar-refractivity contribution in [2.24, 2.45) is 5.92 Å². The van der Waals surface area contributed by atoms with Crippen LogP contribution in [0.15, 0.2) is 0 Å². The van der Waals surface area contributed by atoms with Crippen LogP contribution in [0.2, 0.25) is 0 Å². The van der Waals surface area contributed by atoms with Gasteiger partial charge in [-0.3, -0.25) is 0 Å². The van der Waals surface area contributed by atoms with Crippen LogP contribution in [0.25, 0.3) is 0 Å². The predicted molar refractivity (Wildman–Crippen MR) is 82.4 cm³/mol. The molecule has 1 aliphatic rings. The molecule has 1 aliphatic carbocycles. The van der Waals surface area contributed by atoms with Gasteiger partial charge in [0.15, 0.2) is 0 Å². The molecule has 0 amide bonds. The van der Waals surface area contributed by atoms with Crippen molar-refractivity contribution in [3.8, 4) is 0 Å².